The van der Waals surface area contributed by atoms with E-state index in [1.807, 2.05) is 50.6 Å². The predicted octanol–water partition coefficient (Wildman–Crippen LogP) is 3.30. The molecule has 23 heavy (non-hydrogen) atoms. The number of fused-ring (bicyclic) bond motifs is 1. The van der Waals surface area contributed by atoms with Gasteiger partial charge < -0.3 is 4.57 Å². The summed E-state index contributed by atoms with van der Waals surface area (Å²) in [7, 11) is -1.74. The number of nitrogens with zero attached hydrogens (tertiary/aromatic N) is 2. The smallest absolute Gasteiger partial charge is 0.261 e. The highest BCUT2D eigenvalue weighted by atomic mass is 32.2. The van der Waals surface area contributed by atoms with E-state index < -0.39 is 10.0 Å². The fourth-order valence-corrected chi connectivity index (χ4v) is 3.86. The maximum atomic E-state index is 12.7. The van der Waals surface area contributed by atoms with Gasteiger partial charge in [0.2, 0.25) is 0 Å². The number of imidazole rings is 1. The van der Waals surface area contributed by atoms with Crippen molar-refractivity contribution >= 4 is 26.7 Å². The molecule has 0 aliphatic rings. The van der Waals surface area contributed by atoms with Gasteiger partial charge in [-0.1, -0.05) is 18.2 Å². The third-order valence-electron chi connectivity index (χ3n) is 4.10. The molecule has 0 amide bonds. The van der Waals surface area contributed by atoms with Gasteiger partial charge in [0.25, 0.3) is 10.0 Å². The number of benzene rings is 2. The Bertz CT molecular complexity index is 984. The van der Waals surface area contributed by atoms with Gasteiger partial charge >= 0.3 is 0 Å². The van der Waals surface area contributed by atoms with Crippen LogP contribution in [-0.4, -0.2) is 18.0 Å². The van der Waals surface area contributed by atoms with Gasteiger partial charge in [0.05, 0.1) is 21.6 Å². The summed E-state index contributed by atoms with van der Waals surface area (Å²) in [5.74, 6) is 0.845. The number of hydrogen-bond donors (Lipinski definition) is 1. The monoisotopic (exact) mass is 329 g/mol. The quantitative estimate of drug-likeness (QED) is 0.802. The summed E-state index contributed by atoms with van der Waals surface area (Å²) in [5, 5.41) is 0. The highest BCUT2D eigenvalue weighted by molar-refractivity contribution is 7.92. The largest absolute Gasteiger partial charge is 0.331 e. The summed E-state index contributed by atoms with van der Waals surface area (Å²) in [4.78, 5) is 4.61. The molecule has 1 N–H and O–H groups in total. The van der Waals surface area contributed by atoms with Crippen LogP contribution in [0.4, 0.5) is 5.69 Å². The molecule has 0 saturated carbocycles. The highest BCUT2D eigenvalue weighted by Crippen LogP contribution is 2.25. The van der Waals surface area contributed by atoms with E-state index in [0.717, 1.165) is 22.5 Å². The van der Waals surface area contributed by atoms with Gasteiger partial charge in [-0.05, 0) is 50.1 Å². The van der Waals surface area contributed by atoms with E-state index in [1.165, 1.54) is 0 Å². The summed E-state index contributed by atoms with van der Waals surface area (Å²) in [5.41, 5.74) is 4.00. The number of sulfonamides is 1. The summed E-state index contributed by atoms with van der Waals surface area (Å²) >= 11 is 0. The third kappa shape index (κ3) is 2.70. The van der Waals surface area contributed by atoms with E-state index in [4.69, 9.17) is 0 Å². The summed E-state index contributed by atoms with van der Waals surface area (Å²) in [6.07, 6.45) is 0. The van der Waals surface area contributed by atoms with Crippen LogP contribution >= 0.6 is 0 Å². The van der Waals surface area contributed by atoms with E-state index in [9.17, 15) is 8.42 Å². The maximum Gasteiger partial charge on any atom is 0.261 e. The zero-order valence-electron chi connectivity index (χ0n) is 13.6. The van der Waals surface area contributed by atoms with Gasteiger partial charge in [-0.25, -0.2) is 13.4 Å². The molecule has 1 heterocycles. The summed E-state index contributed by atoms with van der Waals surface area (Å²) in [6, 6.07) is 10.7. The Hall–Kier alpha value is -2.34. The van der Waals surface area contributed by atoms with Crippen LogP contribution in [0.3, 0.4) is 0 Å². The molecule has 0 unspecified atom stereocenters. The van der Waals surface area contributed by atoms with Gasteiger partial charge in [-0.2, -0.15) is 0 Å². The fourth-order valence-electron chi connectivity index (χ4n) is 2.64. The van der Waals surface area contributed by atoms with Gasteiger partial charge in [0.1, 0.15) is 5.82 Å². The lowest BCUT2D eigenvalue weighted by Gasteiger charge is -2.13. The van der Waals surface area contributed by atoms with Crippen LogP contribution in [0.2, 0.25) is 0 Å². The molecule has 0 bridgehead atoms. The first-order chi connectivity index (χ1) is 10.8. The molecule has 0 atom stereocenters. The standard InChI is InChI=1S/C17H19N3O2S/c1-11-6-5-7-12(2)17(11)19-23(21,22)14-8-9-16-15(10-14)18-13(3)20(16)4/h5-10,19H,1-4H3. The van der Waals surface area contributed by atoms with Crippen molar-refractivity contribution in [2.75, 3.05) is 4.72 Å². The van der Waals surface area contributed by atoms with Crippen molar-refractivity contribution < 1.29 is 8.42 Å². The topological polar surface area (TPSA) is 64.0 Å². The van der Waals surface area contributed by atoms with E-state index in [0.29, 0.717) is 11.2 Å². The second kappa shape index (κ2) is 5.38. The zero-order valence-corrected chi connectivity index (χ0v) is 14.4. The molecule has 0 aliphatic carbocycles. The normalized spacial score (nSPS) is 11.8. The van der Waals surface area contributed by atoms with E-state index in [-0.39, 0.29) is 4.90 Å². The first kappa shape index (κ1) is 15.6. The van der Waals surface area contributed by atoms with Crippen molar-refractivity contribution in [3.63, 3.8) is 0 Å². The van der Waals surface area contributed by atoms with Crippen LogP contribution in [0.25, 0.3) is 11.0 Å². The average Bonchev–Trinajstić information content (AvgIpc) is 2.78. The van der Waals surface area contributed by atoms with Crippen LogP contribution in [0.5, 0.6) is 0 Å². The molecular formula is C17H19N3O2S. The molecule has 0 fully saturated rings. The van der Waals surface area contributed by atoms with Gasteiger partial charge in [0.15, 0.2) is 0 Å². The first-order valence-electron chi connectivity index (χ1n) is 7.32. The van der Waals surface area contributed by atoms with Gasteiger partial charge in [0, 0.05) is 7.05 Å². The second-order valence-electron chi connectivity index (χ2n) is 5.74. The number of aryl methyl sites for hydroxylation is 4. The van der Waals surface area contributed by atoms with Crippen molar-refractivity contribution in [2.24, 2.45) is 7.05 Å². The van der Waals surface area contributed by atoms with Crippen molar-refractivity contribution in [2.45, 2.75) is 25.7 Å². The van der Waals surface area contributed by atoms with Crippen LogP contribution in [0, 0.1) is 20.8 Å². The minimum absolute atomic E-state index is 0.214. The first-order valence-corrected chi connectivity index (χ1v) is 8.80. The average molecular weight is 329 g/mol. The number of para-hydroxylation sites is 1. The molecule has 5 nitrogen and oxygen atoms in total. The molecule has 3 rings (SSSR count). The molecule has 3 aromatic rings. The molecule has 0 spiro atoms. The lowest BCUT2D eigenvalue weighted by atomic mass is 10.1. The Balaban J connectivity index is 2.06. The molecular weight excluding hydrogens is 310 g/mol. The number of anilines is 1. The van der Waals surface area contributed by atoms with Crippen LogP contribution < -0.4 is 4.72 Å². The number of rotatable bonds is 3. The zero-order chi connectivity index (χ0) is 16.8. The minimum atomic E-state index is -3.65. The lowest BCUT2D eigenvalue weighted by molar-refractivity contribution is 0.601. The number of nitrogens with one attached hydrogen (secondary N) is 1. The fraction of sp³-hybridized carbons (Fsp3) is 0.235. The van der Waals surface area contributed by atoms with Crippen molar-refractivity contribution in [3.8, 4) is 0 Å². The summed E-state index contributed by atoms with van der Waals surface area (Å²) in [6.45, 7) is 5.66. The van der Waals surface area contributed by atoms with E-state index >= 15 is 0 Å². The molecule has 6 heteroatoms. The number of aromatic nitrogens is 2. The van der Waals surface area contributed by atoms with Gasteiger partial charge in [-0.15, -0.1) is 0 Å². The Morgan fingerprint density at radius 3 is 2.35 bits per heavy atom. The van der Waals surface area contributed by atoms with E-state index in [2.05, 4.69) is 9.71 Å². The Labute approximate surface area is 136 Å². The van der Waals surface area contributed by atoms with E-state index in [1.54, 1.807) is 18.2 Å². The van der Waals surface area contributed by atoms with Crippen molar-refractivity contribution in [1.29, 1.82) is 0 Å². The predicted molar refractivity (Wildman–Crippen MR) is 92.2 cm³/mol. The summed E-state index contributed by atoms with van der Waals surface area (Å²) < 4.78 is 30.0. The SMILES string of the molecule is Cc1cccc(C)c1NS(=O)(=O)c1ccc2c(c1)nc(C)n2C. The molecule has 1 aromatic heterocycles. The second-order valence-corrected chi connectivity index (χ2v) is 7.42. The minimum Gasteiger partial charge on any atom is -0.331 e. The van der Waals surface area contributed by atoms with Crippen LogP contribution in [0.1, 0.15) is 17.0 Å². The highest BCUT2D eigenvalue weighted by Gasteiger charge is 2.18. The Morgan fingerprint density at radius 2 is 1.70 bits per heavy atom. The maximum absolute atomic E-state index is 12.7. The van der Waals surface area contributed by atoms with Crippen molar-refractivity contribution in [3.05, 3.63) is 53.3 Å². The Morgan fingerprint density at radius 1 is 1.04 bits per heavy atom. The molecule has 120 valence electrons. The van der Waals surface area contributed by atoms with Gasteiger partial charge in [-0.3, -0.25) is 4.72 Å². The van der Waals surface area contributed by atoms with Crippen molar-refractivity contribution in [1.82, 2.24) is 9.55 Å². The molecule has 0 saturated heterocycles. The number of hydrogen-bond acceptors (Lipinski definition) is 3. The molecule has 2 aromatic carbocycles. The Kier molecular flexibility index (Phi) is 3.64. The molecule has 0 aliphatic heterocycles. The lowest BCUT2D eigenvalue weighted by Crippen LogP contribution is -2.14. The van der Waals surface area contributed by atoms with Crippen LogP contribution in [0.15, 0.2) is 41.3 Å². The third-order valence-corrected chi connectivity index (χ3v) is 5.45. The van der Waals surface area contributed by atoms with Crippen LogP contribution in [-0.2, 0) is 17.1 Å². The molecule has 0 radical (unpaired) electrons.